The molecule has 3 aromatic rings. The van der Waals surface area contributed by atoms with E-state index in [2.05, 4.69) is 14.9 Å². The van der Waals surface area contributed by atoms with Gasteiger partial charge in [0.25, 0.3) is 0 Å². The van der Waals surface area contributed by atoms with E-state index >= 15 is 0 Å². The van der Waals surface area contributed by atoms with Gasteiger partial charge in [0.2, 0.25) is 0 Å². The van der Waals surface area contributed by atoms with Crippen LogP contribution in [0.4, 0.5) is 14.5 Å². The van der Waals surface area contributed by atoms with Crippen LogP contribution in [0.25, 0.3) is 10.6 Å². The van der Waals surface area contributed by atoms with E-state index < -0.39 is 11.6 Å². The smallest absolute Gasteiger partial charge is 0.186 e. The summed E-state index contributed by atoms with van der Waals surface area (Å²) in [6, 6.07) is 5.64. The number of benzene rings is 1. The molecule has 150 valence electrons. The van der Waals surface area contributed by atoms with Crippen LogP contribution < -0.4 is 10.6 Å². The van der Waals surface area contributed by atoms with Gasteiger partial charge in [-0.3, -0.25) is 9.78 Å². The minimum Gasteiger partial charge on any atom is -0.370 e. The topological polar surface area (TPSA) is 72.1 Å². The molecule has 2 N–H and O–H groups in total. The van der Waals surface area contributed by atoms with Crippen LogP contribution in [0.1, 0.15) is 28.9 Å². The van der Waals surface area contributed by atoms with Gasteiger partial charge in [-0.25, -0.2) is 13.8 Å². The average molecular weight is 414 g/mol. The van der Waals surface area contributed by atoms with Crippen molar-refractivity contribution in [3.63, 3.8) is 0 Å². The van der Waals surface area contributed by atoms with Crippen LogP contribution in [0, 0.1) is 11.6 Å². The molecule has 0 bridgehead atoms. The lowest BCUT2D eigenvalue weighted by molar-refractivity contribution is 0.0989. The van der Waals surface area contributed by atoms with Gasteiger partial charge < -0.3 is 10.6 Å². The number of thiazole rings is 1. The molecule has 1 saturated heterocycles. The highest BCUT2D eigenvalue weighted by Crippen LogP contribution is 2.30. The second-order valence-corrected chi connectivity index (χ2v) is 7.95. The molecule has 0 radical (unpaired) electrons. The van der Waals surface area contributed by atoms with Crippen LogP contribution in [-0.4, -0.2) is 34.9 Å². The van der Waals surface area contributed by atoms with Crippen molar-refractivity contribution < 1.29 is 13.6 Å². The minimum absolute atomic E-state index is 0.109. The van der Waals surface area contributed by atoms with E-state index in [1.165, 1.54) is 23.6 Å². The summed E-state index contributed by atoms with van der Waals surface area (Å²) < 4.78 is 28.0. The van der Waals surface area contributed by atoms with Gasteiger partial charge in [0, 0.05) is 54.6 Å². The molecular formula is C21H20F2N4OS. The molecule has 0 unspecified atom stereocenters. The number of hydrogen-bond acceptors (Lipinski definition) is 6. The third kappa shape index (κ3) is 4.18. The highest BCUT2D eigenvalue weighted by atomic mass is 32.1. The zero-order valence-electron chi connectivity index (χ0n) is 15.6. The number of aromatic nitrogens is 2. The summed E-state index contributed by atoms with van der Waals surface area (Å²) >= 11 is 1.05. The standard InChI is InChI=1S/C21H20F2N4OS/c22-15-4-1-5-16(23)20(15)21-26-17(12-29-21)19(28)9-13-10-25-7-6-18(13)27-8-2-3-14(24)11-27/h1,4-7,10,12,14H,2-3,8-9,11,24H2/t14-/m0/s1. The van der Waals surface area contributed by atoms with Crippen LogP contribution >= 0.6 is 11.3 Å². The van der Waals surface area contributed by atoms with E-state index in [0.717, 1.165) is 48.5 Å². The first-order chi connectivity index (χ1) is 14.0. The maximum Gasteiger partial charge on any atom is 0.186 e. The molecule has 1 aliphatic heterocycles. The molecule has 0 saturated carbocycles. The largest absolute Gasteiger partial charge is 0.370 e. The molecule has 1 fully saturated rings. The van der Waals surface area contributed by atoms with Crippen LogP contribution in [0.15, 0.2) is 42.0 Å². The molecule has 0 amide bonds. The number of rotatable bonds is 5. The van der Waals surface area contributed by atoms with E-state index in [0.29, 0.717) is 0 Å². The summed E-state index contributed by atoms with van der Waals surface area (Å²) in [5.74, 6) is -1.62. The number of carbonyl (C=O) groups is 1. The lowest BCUT2D eigenvalue weighted by atomic mass is 10.0. The molecule has 3 heterocycles. The monoisotopic (exact) mass is 414 g/mol. The van der Waals surface area contributed by atoms with Gasteiger partial charge in [-0.05, 0) is 31.0 Å². The zero-order valence-corrected chi connectivity index (χ0v) is 16.5. The fraction of sp³-hybridized carbons (Fsp3) is 0.286. The molecule has 1 atom stereocenters. The SMILES string of the molecule is N[C@H]1CCCN(c2ccncc2CC(=O)c2csc(-c3c(F)cccc3F)n2)C1. The summed E-state index contributed by atoms with van der Waals surface area (Å²) in [6.07, 6.45) is 5.48. The third-order valence-electron chi connectivity index (χ3n) is 4.99. The molecule has 29 heavy (non-hydrogen) atoms. The van der Waals surface area contributed by atoms with E-state index in [9.17, 15) is 13.6 Å². The second kappa shape index (κ2) is 8.34. The van der Waals surface area contributed by atoms with Gasteiger partial charge in [-0.2, -0.15) is 0 Å². The summed E-state index contributed by atoms with van der Waals surface area (Å²) in [4.78, 5) is 23.3. The lowest BCUT2D eigenvalue weighted by Crippen LogP contribution is -2.43. The Morgan fingerprint density at radius 1 is 1.28 bits per heavy atom. The molecule has 0 spiro atoms. The number of nitrogens with zero attached hydrogens (tertiary/aromatic N) is 3. The fourth-order valence-corrected chi connectivity index (χ4v) is 4.45. The minimum atomic E-state index is -0.700. The number of hydrogen-bond donors (Lipinski definition) is 1. The number of carbonyl (C=O) groups excluding carboxylic acids is 1. The van der Waals surface area contributed by atoms with Crippen molar-refractivity contribution >= 4 is 22.8 Å². The maximum absolute atomic E-state index is 14.0. The Balaban J connectivity index is 1.56. The molecule has 1 aliphatic rings. The van der Waals surface area contributed by atoms with Crippen LogP contribution in [0.3, 0.4) is 0 Å². The number of Topliss-reactive ketones (excluding diaryl/α,β-unsaturated/α-hetero) is 1. The van der Waals surface area contributed by atoms with E-state index in [-0.39, 0.29) is 34.5 Å². The summed E-state index contributed by atoms with van der Waals surface area (Å²) in [6.45, 7) is 1.62. The van der Waals surface area contributed by atoms with Crippen molar-refractivity contribution in [1.82, 2.24) is 9.97 Å². The van der Waals surface area contributed by atoms with Crippen LogP contribution in [-0.2, 0) is 6.42 Å². The summed E-state index contributed by atoms with van der Waals surface area (Å²) in [5.41, 5.74) is 7.81. The Morgan fingerprint density at radius 2 is 2.07 bits per heavy atom. The Morgan fingerprint density at radius 3 is 2.83 bits per heavy atom. The molecular weight excluding hydrogens is 394 g/mol. The van der Waals surface area contributed by atoms with Crippen molar-refractivity contribution in [2.75, 3.05) is 18.0 Å². The normalized spacial score (nSPS) is 16.8. The first-order valence-electron chi connectivity index (χ1n) is 9.39. The zero-order chi connectivity index (χ0) is 20.4. The number of pyridine rings is 1. The van der Waals surface area contributed by atoms with Crippen molar-refractivity contribution in [2.45, 2.75) is 25.3 Å². The highest BCUT2D eigenvalue weighted by molar-refractivity contribution is 7.13. The van der Waals surface area contributed by atoms with E-state index in [1.54, 1.807) is 12.4 Å². The van der Waals surface area contributed by atoms with Gasteiger partial charge >= 0.3 is 0 Å². The van der Waals surface area contributed by atoms with Gasteiger partial charge in [0.15, 0.2) is 5.78 Å². The molecule has 8 heteroatoms. The Bertz CT molecular complexity index is 1020. The predicted molar refractivity (Wildman–Crippen MR) is 109 cm³/mol. The quantitative estimate of drug-likeness (QED) is 0.643. The first kappa shape index (κ1) is 19.6. The Labute approximate surface area is 171 Å². The Kier molecular flexibility index (Phi) is 5.64. The molecule has 5 nitrogen and oxygen atoms in total. The van der Waals surface area contributed by atoms with E-state index in [1.807, 2.05) is 6.07 Å². The number of piperidine rings is 1. The van der Waals surface area contributed by atoms with Crippen LogP contribution in [0.5, 0.6) is 0 Å². The number of anilines is 1. The predicted octanol–water partition coefficient (Wildman–Crippen LogP) is 3.84. The lowest BCUT2D eigenvalue weighted by Gasteiger charge is -2.33. The number of halogens is 2. The van der Waals surface area contributed by atoms with Crippen molar-refractivity contribution in [1.29, 1.82) is 0 Å². The maximum atomic E-state index is 14.0. The first-order valence-corrected chi connectivity index (χ1v) is 10.3. The highest BCUT2D eigenvalue weighted by Gasteiger charge is 2.22. The molecule has 1 aromatic carbocycles. The van der Waals surface area contributed by atoms with Gasteiger partial charge in [-0.15, -0.1) is 11.3 Å². The van der Waals surface area contributed by atoms with Gasteiger partial charge in [0.1, 0.15) is 22.3 Å². The Hall–Kier alpha value is -2.71. The van der Waals surface area contributed by atoms with Crippen molar-refractivity contribution in [3.05, 3.63) is 64.9 Å². The van der Waals surface area contributed by atoms with Crippen molar-refractivity contribution in [2.24, 2.45) is 5.73 Å². The summed E-state index contributed by atoms with van der Waals surface area (Å²) in [5, 5.41) is 1.69. The second-order valence-electron chi connectivity index (χ2n) is 7.09. The van der Waals surface area contributed by atoms with Crippen molar-refractivity contribution in [3.8, 4) is 10.6 Å². The van der Waals surface area contributed by atoms with Gasteiger partial charge in [0.05, 0.1) is 5.56 Å². The number of nitrogens with two attached hydrogens (primary N) is 1. The summed E-state index contributed by atoms with van der Waals surface area (Å²) in [7, 11) is 0. The average Bonchev–Trinajstić information content (AvgIpc) is 3.18. The fourth-order valence-electron chi connectivity index (χ4n) is 3.58. The van der Waals surface area contributed by atoms with Crippen LogP contribution in [0.2, 0.25) is 0 Å². The number of ketones is 1. The molecule has 0 aliphatic carbocycles. The third-order valence-corrected chi connectivity index (χ3v) is 5.85. The van der Waals surface area contributed by atoms with E-state index in [4.69, 9.17) is 5.73 Å². The molecule has 2 aromatic heterocycles. The van der Waals surface area contributed by atoms with Gasteiger partial charge in [-0.1, -0.05) is 6.07 Å². The molecule has 4 rings (SSSR count).